The molecule has 0 saturated heterocycles. The van der Waals surface area contributed by atoms with Gasteiger partial charge >= 0.3 is 0 Å². The first-order valence-corrected chi connectivity index (χ1v) is 9.38. The van der Waals surface area contributed by atoms with Crippen LogP contribution in [0.15, 0.2) is 53.4 Å². The van der Waals surface area contributed by atoms with Crippen molar-refractivity contribution in [2.24, 2.45) is 0 Å². The molecule has 1 unspecified atom stereocenters. The van der Waals surface area contributed by atoms with E-state index in [4.69, 9.17) is 4.74 Å². The van der Waals surface area contributed by atoms with Crippen LogP contribution in [0.5, 0.6) is 5.75 Å². The van der Waals surface area contributed by atoms with Crippen LogP contribution in [0, 0.1) is 0 Å². The smallest absolute Gasteiger partial charge is 0.269 e. The maximum atomic E-state index is 12.5. The quantitative estimate of drug-likeness (QED) is 0.860. The van der Waals surface area contributed by atoms with E-state index in [1.807, 2.05) is 12.1 Å². The molecular weight excluding hydrogens is 356 g/mol. The molecule has 1 heterocycles. The number of carbonyl (C=O) groups excluding carboxylic acids is 2. The van der Waals surface area contributed by atoms with Gasteiger partial charge in [0.25, 0.3) is 15.9 Å². The first-order chi connectivity index (χ1) is 12.4. The van der Waals surface area contributed by atoms with Crippen LogP contribution in [0.4, 0.5) is 0 Å². The molecule has 2 aromatic carbocycles. The van der Waals surface area contributed by atoms with Crippen molar-refractivity contribution in [3.63, 3.8) is 0 Å². The van der Waals surface area contributed by atoms with E-state index >= 15 is 0 Å². The van der Waals surface area contributed by atoms with Crippen LogP contribution < -0.4 is 10.1 Å². The summed E-state index contributed by atoms with van der Waals surface area (Å²) < 4.78 is 30.8. The lowest BCUT2D eigenvalue weighted by atomic mass is 10.1. The van der Waals surface area contributed by atoms with Crippen LogP contribution in [0.1, 0.15) is 28.9 Å². The number of sulfonamides is 1. The number of para-hydroxylation sites is 1. The van der Waals surface area contributed by atoms with E-state index in [1.165, 1.54) is 25.3 Å². The molecule has 0 bridgehead atoms. The number of benzene rings is 2. The van der Waals surface area contributed by atoms with Gasteiger partial charge in [-0.15, -0.1) is 0 Å². The van der Waals surface area contributed by atoms with Gasteiger partial charge in [-0.25, -0.2) is 12.7 Å². The van der Waals surface area contributed by atoms with Crippen LogP contribution >= 0.6 is 0 Å². The van der Waals surface area contributed by atoms with Crippen LogP contribution in [0.2, 0.25) is 0 Å². The van der Waals surface area contributed by atoms with Crippen molar-refractivity contribution < 1.29 is 22.7 Å². The Morgan fingerprint density at radius 3 is 2.50 bits per heavy atom. The minimum atomic E-state index is -4.01. The topological polar surface area (TPSA) is 92.8 Å². The molecule has 1 atom stereocenters. The maximum Gasteiger partial charge on any atom is 0.269 e. The number of hydrogen-bond donors (Lipinski definition) is 1. The van der Waals surface area contributed by atoms with E-state index in [-0.39, 0.29) is 10.5 Å². The fraction of sp³-hybridized carbons (Fsp3) is 0.222. The molecule has 0 saturated carbocycles. The lowest BCUT2D eigenvalue weighted by molar-refractivity contribution is -0.121. The predicted octanol–water partition coefficient (Wildman–Crippen LogP) is 1.72. The molecule has 8 heteroatoms. The lowest BCUT2D eigenvalue weighted by Gasteiger charge is -2.19. The fourth-order valence-electron chi connectivity index (χ4n) is 2.91. The van der Waals surface area contributed by atoms with Gasteiger partial charge in [0.15, 0.2) is 0 Å². The summed E-state index contributed by atoms with van der Waals surface area (Å²) in [5, 5.41) is 2.71. The number of nitrogens with one attached hydrogen (secondary N) is 1. The minimum Gasteiger partial charge on any atom is -0.496 e. The number of carbonyl (C=O) groups is 2. The summed E-state index contributed by atoms with van der Waals surface area (Å²) in [6.07, 6.45) is 0. The van der Waals surface area contributed by atoms with E-state index in [0.717, 1.165) is 5.56 Å². The van der Waals surface area contributed by atoms with Gasteiger partial charge in [-0.2, -0.15) is 0 Å². The second-order valence-electron chi connectivity index (χ2n) is 5.84. The van der Waals surface area contributed by atoms with Crippen molar-refractivity contribution in [2.45, 2.75) is 17.9 Å². The summed E-state index contributed by atoms with van der Waals surface area (Å²) in [4.78, 5) is 24.6. The molecule has 1 N–H and O–H groups in total. The summed E-state index contributed by atoms with van der Waals surface area (Å²) >= 11 is 0. The van der Waals surface area contributed by atoms with Crippen molar-refractivity contribution in [3.05, 3.63) is 59.7 Å². The molecule has 3 rings (SSSR count). The summed E-state index contributed by atoms with van der Waals surface area (Å²) in [5.41, 5.74) is 0.834. The third-order valence-corrected chi connectivity index (χ3v) is 5.97. The van der Waals surface area contributed by atoms with Gasteiger partial charge in [-0.1, -0.05) is 30.3 Å². The number of nitrogens with zero attached hydrogens (tertiary/aromatic N) is 1. The highest BCUT2D eigenvalue weighted by atomic mass is 32.2. The Balaban J connectivity index is 1.76. The summed E-state index contributed by atoms with van der Waals surface area (Å²) in [6.45, 7) is 1.18. The SMILES string of the molecule is COc1ccccc1C(C)NC(=O)CN1C(=O)c2ccccc2S1(=O)=O. The molecule has 136 valence electrons. The van der Waals surface area contributed by atoms with Gasteiger partial charge in [-0.05, 0) is 25.1 Å². The van der Waals surface area contributed by atoms with E-state index in [9.17, 15) is 18.0 Å². The number of fused-ring (bicyclic) bond motifs is 1. The van der Waals surface area contributed by atoms with E-state index in [1.54, 1.807) is 25.1 Å². The second kappa shape index (κ2) is 6.80. The predicted molar refractivity (Wildman–Crippen MR) is 94.2 cm³/mol. The van der Waals surface area contributed by atoms with Crippen LogP contribution in [0.25, 0.3) is 0 Å². The third kappa shape index (κ3) is 3.03. The molecule has 1 aliphatic rings. The van der Waals surface area contributed by atoms with Crippen molar-refractivity contribution in [3.8, 4) is 5.75 Å². The number of amides is 2. The number of rotatable bonds is 5. The third-order valence-electron chi connectivity index (χ3n) is 4.18. The minimum absolute atomic E-state index is 0.0735. The Bertz CT molecular complexity index is 971. The highest BCUT2D eigenvalue weighted by Gasteiger charge is 2.41. The monoisotopic (exact) mass is 374 g/mol. The summed E-state index contributed by atoms with van der Waals surface area (Å²) in [6, 6.07) is 12.7. The highest BCUT2D eigenvalue weighted by Crippen LogP contribution is 2.30. The Morgan fingerprint density at radius 2 is 1.81 bits per heavy atom. The van der Waals surface area contributed by atoms with Crippen LogP contribution in [-0.2, 0) is 14.8 Å². The largest absolute Gasteiger partial charge is 0.496 e. The molecule has 1 aliphatic heterocycles. The van der Waals surface area contributed by atoms with Gasteiger partial charge in [-0.3, -0.25) is 9.59 Å². The van der Waals surface area contributed by atoms with Crippen molar-refractivity contribution in [2.75, 3.05) is 13.7 Å². The zero-order chi connectivity index (χ0) is 18.9. The number of ether oxygens (including phenoxy) is 1. The average Bonchev–Trinajstić information content (AvgIpc) is 2.83. The zero-order valence-electron chi connectivity index (χ0n) is 14.3. The molecule has 26 heavy (non-hydrogen) atoms. The number of methoxy groups -OCH3 is 1. The van der Waals surface area contributed by atoms with Gasteiger partial charge in [0.1, 0.15) is 17.2 Å². The van der Waals surface area contributed by atoms with Crippen LogP contribution in [0.3, 0.4) is 0 Å². The molecule has 0 aromatic heterocycles. The number of hydrogen-bond acceptors (Lipinski definition) is 5. The van der Waals surface area contributed by atoms with Crippen molar-refractivity contribution in [1.82, 2.24) is 9.62 Å². The van der Waals surface area contributed by atoms with E-state index in [0.29, 0.717) is 10.1 Å². The molecule has 7 nitrogen and oxygen atoms in total. The zero-order valence-corrected chi connectivity index (χ0v) is 15.1. The van der Waals surface area contributed by atoms with Crippen LogP contribution in [-0.4, -0.2) is 38.2 Å². The van der Waals surface area contributed by atoms with E-state index < -0.39 is 34.4 Å². The fourth-order valence-corrected chi connectivity index (χ4v) is 4.43. The average molecular weight is 374 g/mol. The first kappa shape index (κ1) is 17.9. The highest BCUT2D eigenvalue weighted by molar-refractivity contribution is 7.90. The Labute approximate surface area is 151 Å². The molecule has 0 radical (unpaired) electrons. The lowest BCUT2D eigenvalue weighted by Crippen LogP contribution is -2.41. The molecule has 2 amide bonds. The van der Waals surface area contributed by atoms with Gasteiger partial charge in [0.05, 0.1) is 18.7 Å². The summed E-state index contributed by atoms with van der Waals surface area (Å²) in [5.74, 6) is -0.661. The Morgan fingerprint density at radius 1 is 1.15 bits per heavy atom. The van der Waals surface area contributed by atoms with Gasteiger partial charge < -0.3 is 10.1 Å². The normalized spacial score (nSPS) is 16.1. The van der Waals surface area contributed by atoms with Gasteiger partial charge in [0.2, 0.25) is 5.91 Å². The summed E-state index contributed by atoms with van der Waals surface area (Å²) in [7, 11) is -2.48. The Hall–Kier alpha value is -2.87. The maximum absolute atomic E-state index is 12.5. The van der Waals surface area contributed by atoms with Crippen molar-refractivity contribution >= 4 is 21.8 Å². The Kier molecular flexibility index (Phi) is 4.69. The standard InChI is InChI=1S/C18H18N2O5S/c1-12(13-7-3-5-9-15(13)25-2)19-17(21)11-20-18(22)14-8-4-6-10-16(14)26(20,23)24/h3-10,12H,11H2,1-2H3,(H,19,21). The van der Waals surface area contributed by atoms with E-state index in [2.05, 4.69) is 5.32 Å². The van der Waals surface area contributed by atoms with Crippen molar-refractivity contribution in [1.29, 1.82) is 0 Å². The molecule has 2 aromatic rings. The molecule has 0 fully saturated rings. The first-order valence-electron chi connectivity index (χ1n) is 7.94. The van der Waals surface area contributed by atoms with Gasteiger partial charge in [0, 0.05) is 5.56 Å². The second-order valence-corrected chi connectivity index (χ2v) is 7.67. The molecule has 0 aliphatic carbocycles. The molecular formula is C18H18N2O5S. The molecule has 0 spiro atoms.